The van der Waals surface area contributed by atoms with Gasteiger partial charge in [-0.25, -0.2) is 0 Å². The molecule has 2 aliphatic heterocycles. The van der Waals surface area contributed by atoms with Gasteiger partial charge in [-0.2, -0.15) is 5.26 Å². The van der Waals surface area contributed by atoms with E-state index in [1.165, 1.54) is 5.56 Å². The molecule has 0 saturated carbocycles. The molecule has 1 aromatic rings. The molecule has 1 amide bonds. The van der Waals surface area contributed by atoms with E-state index in [1.54, 1.807) is 6.92 Å². The Hall–Kier alpha value is -1.90. The van der Waals surface area contributed by atoms with Crippen LogP contribution in [0.1, 0.15) is 25.0 Å². The van der Waals surface area contributed by atoms with E-state index in [9.17, 15) is 4.79 Å². The summed E-state index contributed by atoms with van der Waals surface area (Å²) in [5.41, 5.74) is 1.94. The van der Waals surface area contributed by atoms with Gasteiger partial charge in [0.05, 0.1) is 11.6 Å². The van der Waals surface area contributed by atoms with Crippen LogP contribution in [0.2, 0.25) is 0 Å². The van der Waals surface area contributed by atoms with Crippen LogP contribution in [-0.4, -0.2) is 65.9 Å². The summed E-state index contributed by atoms with van der Waals surface area (Å²) in [5.74, 6) is 0.821. The molecular weight excluding hydrogens is 300 g/mol. The van der Waals surface area contributed by atoms with E-state index < -0.39 is 0 Å². The van der Waals surface area contributed by atoms with E-state index in [4.69, 9.17) is 5.26 Å². The van der Waals surface area contributed by atoms with E-state index >= 15 is 0 Å². The number of nitrogens with zero attached hydrogens (tertiary/aromatic N) is 4. The number of nitriles is 1. The summed E-state index contributed by atoms with van der Waals surface area (Å²) < 4.78 is 0. The SMILES string of the molecule is CC(=O)N1CCN([C@@H]2CN(Cc3cccc(C#N)c3)C[C@H]2C)CC1. The molecule has 0 N–H and O–H groups in total. The number of carbonyl (C=O) groups excluding carboxylic acids is 1. The molecular formula is C19H26N4O. The smallest absolute Gasteiger partial charge is 0.219 e. The summed E-state index contributed by atoms with van der Waals surface area (Å²) in [6.45, 7) is 10.7. The zero-order chi connectivity index (χ0) is 17.1. The van der Waals surface area contributed by atoms with Gasteiger partial charge in [0.15, 0.2) is 0 Å². The topological polar surface area (TPSA) is 50.6 Å². The van der Waals surface area contributed by atoms with Crippen LogP contribution in [0.4, 0.5) is 0 Å². The number of benzene rings is 1. The monoisotopic (exact) mass is 326 g/mol. The maximum absolute atomic E-state index is 11.5. The first-order chi connectivity index (χ1) is 11.6. The summed E-state index contributed by atoms with van der Waals surface area (Å²) in [5, 5.41) is 9.04. The van der Waals surface area contributed by atoms with Gasteiger partial charge in [0, 0.05) is 58.8 Å². The molecule has 0 unspecified atom stereocenters. The van der Waals surface area contributed by atoms with Gasteiger partial charge in [-0.15, -0.1) is 0 Å². The molecule has 0 aliphatic carbocycles. The van der Waals surface area contributed by atoms with E-state index in [1.807, 2.05) is 23.1 Å². The standard InChI is InChI=1S/C19H26N4O/c1-15-12-21(13-18-5-3-4-17(10-18)11-20)14-19(15)23-8-6-22(7-9-23)16(2)24/h3-5,10,15,19H,6-9,12-14H2,1-2H3/t15-,19-/m1/s1. The van der Waals surface area contributed by atoms with Gasteiger partial charge >= 0.3 is 0 Å². The minimum Gasteiger partial charge on any atom is -0.340 e. The van der Waals surface area contributed by atoms with Crippen LogP contribution < -0.4 is 0 Å². The second kappa shape index (κ2) is 7.33. The molecule has 2 heterocycles. The molecule has 2 fully saturated rings. The normalized spacial score (nSPS) is 25.6. The fraction of sp³-hybridized carbons (Fsp3) is 0.579. The van der Waals surface area contributed by atoms with Crippen LogP contribution in [0, 0.1) is 17.2 Å². The largest absolute Gasteiger partial charge is 0.340 e. The first-order valence-electron chi connectivity index (χ1n) is 8.78. The lowest BCUT2D eigenvalue weighted by molar-refractivity contribution is -0.130. The van der Waals surface area contributed by atoms with Gasteiger partial charge in [0.2, 0.25) is 5.91 Å². The summed E-state index contributed by atoms with van der Waals surface area (Å²) >= 11 is 0. The van der Waals surface area contributed by atoms with Crippen LogP contribution >= 0.6 is 0 Å². The molecule has 0 spiro atoms. The predicted octanol–water partition coefficient (Wildman–Crippen LogP) is 1.54. The Balaban J connectivity index is 1.57. The van der Waals surface area contributed by atoms with Gasteiger partial charge in [-0.1, -0.05) is 19.1 Å². The lowest BCUT2D eigenvalue weighted by Crippen LogP contribution is -2.53. The van der Waals surface area contributed by atoms with Crippen LogP contribution in [0.3, 0.4) is 0 Å². The molecule has 2 atom stereocenters. The summed E-state index contributed by atoms with van der Waals surface area (Å²) in [7, 11) is 0. The van der Waals surface area contributed by atoms with Gasteiger partial charge < -0.3 is 4.90 Å². The Labute approximate surface area is 144 Å². The number of carbonyl (C=O) groups is 1. The maximum atomic E-state index is 11.5. The van der Waals surface area contributed by atoms with E-state index in [2.05, 4.69) is 28.9 Å². The van der Waals surface area contributed by atoms with Crippen LogP contribution in [-0.2, 0) is 11.3 Å². The summed E-state index contributed by atoms with van der Waals surface area (Å²) in [6, 6.07) is 10.7. The molecule has 0 bridgehead atoms. The average Bonchev–Trinajstić information content (AvgIpc) is 2.95. The van der Waals surface area contributed by atoms with Crippen molar-refractivity contribution >= 4 is 5.91 Å². The molecule has 0 aromatic heterocycles. The van der Waals surface area contributed by atoms with E-state index in [-0.39, 0.29) is 5.91 Å². The number of rotatable bonds is 3. The van der Waals surface area contributed by atoms with Gasteiger partial charge in [0.25, 0.3) is 0 Å². The highest BCUT2D eigenvalue weighted by Crippen LogP contribution is 2.24. The Bertz CT molecular complexity index is 630. The van der Waals surface area contributed by atoms with Gasteiger partial charge in [-0.05, 0) is 23.6 Å². The van der Waals surface area contributed by atoms with Gasteiger partial charge in [-0.3, -0.25) is 14.6 Å². The van der Waals surface area contributed by atoms with Crippen molar-refractivity contribution in [2.24, 2.45) is 5.92 Å². The lowest BCUT2D eigenvalue weighted by atomic mass is 10.0. The van der Waals surface area contributed by atoms with Crippen LogP contribution in [0.5, 0.6) is 0 Å². The van der Waals surface area contributed by atoms with Crippen molar-refractivity contribution in [1.82, 2.24) is 14.7 Å². The van der Waals surface area contributed by atoms with Crippen LogP contribution in [0.25, 0.3) is 0 Å². The van der Waals surface area contributed by atoms with Crippen molar-refractivity contribution in [1.29, 1.82) is 5.26 Å². The third-order valence-corrected chi connectivity index (χ3v) is 5.34. The third kappa shape index (κ3) is 3.77. The molecule has 2 aliphatic rings. The number of amides is 1. The van der Waals surface area contributed by atoms with Crippen molar-refractivity contribution in [3.63, 3.8) is 0 Å². The fourth-order valence-electron chi connectivity index (χ4n) is 4.02. The van der Waals surface area contributed by atoms with Crippen molar-refractivity contribution in [2.75, 3.05) is 39.3 Å². The maximum Gasteiger partial charge on any atom is 0.219 e. The van der Waals surface area contributed by atoms with Crippen molar-refractivity contribution in [2.45, 2.75) is 26.4 Å². The highest BCUT2D eigenvalue weighted by atomic mass is 16.2. The second-order valence-electron chi connectivity index (χ2n) is 7.09. The summed E-state index contributed by atoms with van der Waals surface area (Å²) in [6.07, 6.45) is 0. The minimum atomic E-state index is 0.188. The highest BCUT2D eigenvalue weighted by molar-refractivity contribution is 5.73. The van der Waals surface area contributed by atoms with Crippen molar-refractivity contribution in [3.8, 4) is 6.07 Å². The molecule has 2 saturated heterocycles. The molecule has 24 heavy (non-hydrogen) atoms. The molecule has 5 heteroatoms. The Morgan fingerprint density at radius 3 is 2.67 bits per heavy atom. The Morgan fingerprint density at radius 2 is 2.00 bits per heavy atom. The zero-order valence-corrected chi connectivity index (χ0v) is 14.6. The van der Waals surface area contributed by atoms with Crippen LogP contribution in [0.15, 0.2) is 24.3 Å². The molecule has 3 rings (SSSR count). The first kappa shape index (κ1) is 16.9. The van der Waals surface area contributed by atoms with Gasteiger partial charge in [0.1, 0.15) is 0 Å². The second-order valence-corrected chi connectivity index (χ2v) is 7.09. The van der Waals surface area contributed by atoms with E-state index in [0.717, 1.165) is 51.4 Å². The van der Waals surface area contributed by atoms with E-state index in [0.29, 0.717) is 12.0 Å². The number of hydrogen-bond donors (Lipinski definition) is 0. The molecule has 1 aromatic carbocycles. The summed E-state index contributed by atoms with van der Waals surface area (Å²) in [4.78, 5) is 18.5. The zero-order valence-electron chi connectivity index (χ0n) is 14.6. The number of likely N-dealkylation sites (tertiary alicyclic amines) is 1. The number of hydrogen-bond acceptors (Lipinski definition) is 4. The molecule has 5 nitrogen and oxygen atoms in total. The quantitative estimate of drug-likeness (QED) is 0.845. The predicted molar refractivity (Wildman–Crippen MR) is 93.2 cm³/mol. The van der Waals surface area contributed by atoms with Crippen molar-refractivity contribution in [3.05, 3.63) is 35.4 Å². The Kier molecular flexibility index (Phi) is 5.17. The molecule has 128 valence electrons. The Morgan fingerprint density at radius 1 is 1.25 bits per heavy atom. The lowest BCUT2D eigenvalue weighted by Gasteiger charge is -2.39. The highest BCUT2D eigenvalue weighted by Gasteiger charge is 2.35. The number of piperazine rings is 1. The first-order valence-corrected chi connectivity index (χ1v) is 8.78. The fourth-order valence-corrected chi connectivity index (χ4v) is 4.02. The van der Waals surface area contributed by atoms with Crippen molar-refractivity contribution < 1.29 is 4.79 Å². The minimum absolute atomic E-state index is 0.188. The average molecular weight is 326 g/mol. The molecule has 0 radical (unpaired) electrons. The third-order valence-electron chi connectivity index (χ3n) is 5.34.